The summed E-state index contributed by atoms with van der Waals surface area (Å²) in [5.74, 6) is -0.755. The lowest BCUT2D eigenvalue weighted by Crippen LogP contribution is -2.45. The predicted octanol–water partition coefficient (Wildman–Crippen LogP) is 1.65. The zero-order valence-corrected chi connectivity index (χ0v) is 13.5. The molecule has 6 nitrogen and oxygen atoms in total. The Morgan fingerprint density at radius 1 is 1.08 bits per heavy atom. The minimum absolute atomic E-state index is 0.0365. The molecule has 2 aliphatic rings. The molecule has 24 heavy (non-hydrogen) atoms. The molecule has 0 radical (unpaired) electrons. The van der Waals surface area contributed by atoms with Crippen LogP contribution >= 0.6 is 0 Å². The third-order valence-electron chi connectivity index (χ3n) is 4.70. The lowest BCUT2D eigenvalue weighted by molar-refractivity contribution is -0.136. The van der Waals surface area contributed by atoms with Crippen LogP contribution in [0.4, 0.5) is 0 Å². The van der Waals surface area contributed by atoms with Crippen molar-refractivity contribution in [1.29, 1.82) is 0 Å². The van der Waals surface area contributed by atoms with Crippen molar-refractivity contribution in [2.75, 3.05) is 13.1 Å². The lowest BCUT2D eigenvalue weighted by atomic mass is 9.96. The van der Waals surface area contributed by atoms with Crippen LogP contribution in [-0.4, -0.2) is 40.9 Å². The molecule has 128 valence electrons. The molecule has 1 aliphatic heterocycles. The molecule has 1 aliphatic carbocycles. The summed E-state index contributed by atoms with van der Waals surface area (Å²) in [5.41, 5.74) is 1.08. The fraction of sp³-hybridized carbons (Fsp3) is 0.500. The molecule has 2 N–H and O–H groups in total. The second-order valence-electron chi connectivity index (χ2n) is 6.62. The van der Waals surface area contributed by atoms with E-state index in [1.165, 1.54) is 12.1 Å². The zero-order valence-electron chi connectivity index (χ0n) is 13.5. The largest absolute Gasteiger partial charge is 0.478 e. The molecule has 1 aromatic rings. The molecule has 2 amide bonds. The van der Waals surface area contributed by atoms with Gasteiger partial charge in [0.1, 0.15) is 0 Å². The van der Waals surface area contributed by atoms with Crippen molar-refractivity contribution in [3.63, 3.8) is 0 Å². The van der Waals surface area contributed by atoms with Crippen LogP contribution in [0.3, 0.4) is 0 Å². The fourth-order valence-corrected chi connectivity index (χ4v) is 3.08. The maximum absolute atomic E-state index is 12.4. The van der Waals surface area contributed by atoms with Gasteiger partial charge >= 0.3 is 5.97 Å². The Kier molecular flexibility index (Phi) is 4.83. The monoisotopic (exact) mass is 330 g/mol. The average molecular weight is 330 g/mol. The molecule has 1 aromatic carbocycles. The second kappa shape index (κ2) is 7.03. The number of nitrogens with one attached hydrogen (secondary N) is 1. The van der Waals surface area contributed by atoms with Crippen molar-refractivity contribution in [2.45, 2.75) is 32.2 Å². The Morgan fingerprint density at radius 3 is 2.42 bits per heavy atom. The maximum atomic E-state index is 12.4. The van der Waals surface area contributed by atoms with Crippen LogP contribution < -0.4 is 5.32 Å². The number of amides is 2. The topological polar surface area (TPSA) is 86.7 Å². The van der Waals surface area contributed by atoms with E-state index in [2.05, 4.69) is 5.32 Å². The van der Waals surface area contributed by atoms with Crippen molar-refractivity contribution in [2.24, 2.45) is 11.8 Å². The molecule has 6 heteroatoms. The number of carboxylic acid groups (broad SMARTS) is 1. The highest BCUT2D eigenvalue weighted by molar-refractivity contribution is 5.87. The van der Waals surface area contributed by atoms with Crippen molar-refractivity contribution < 1.29 is 19.5 Å². The summed E-state index contributed by atoms with van der Waals surface area (Å²) in [5, 5.41) is 11.8. The van der Waals surface area contributed by atoms with Gasteiger partial charge in [0.05, 0.1) is 11.5 Å². The molecule has 1 saturated heterocycles. The van der Waals surface area contributed by atoms with E-state index in [1.54, 1.807) is 12.1 Å². The van der Waals surface area contributed by atoms with Gasteiger partial charge in [-0.05, 0) is 43.4 Å². The number of piperidine rings is 1. The van der Waals surface area contributed by atoms with Gasteiger partial charge in [-0.3, -0.25) is 9.59 Å². The minimum atomic E-state index is -0.965. The standard InChI is InChI=1S/C18H22N2O4/c21-16(19-10-12-3-5-14(6-4-12)18(23)24)15-2-1-9-20(11-15)17(22)13-7-8-13/h3-6,13,15H,1-2,7-11H2,(H,19,21)(H,23,24)/t15-/m0/s1. The molecular formula is C18H22N2O4. The van der Waals surface area contributed by atoms with Crippen LogP contribution in [0.25, 0.3) is 0 Å². The summed E-state index contributed by atoms with van der Waals surface area (Å²) in [6.07, 6.45) is 3.64. The van der Waals surface area contributed by atoms with Gasteiger partial charge < -0.3 is 15.3 Å². The van der Waals surface area contributed by atoms with Crippen molar-refractivity contribution >= 4 is 17.8 Å². The van der Waals surface area contributed by atoms with E-state index in [0.717, 1.165) is 37.8 Å². The Balaban J connectivity index is 1.50. The highest BCUT2D eigenvalue weighted by Crippen LogP contribution is 2.32. The van der Waals surface area contributed by atoms with Crippen molar-refractivity contribution in [1.82, 2.24) is 10.2 Å². The predicted molar refractivity (Wildman–Crippen MR) is 87.3 cm³/mol. The minimum Gasteiger partial charge on any atom is -0.478 e. The number of rotatable bonds is 5. The number of hydrogen-bond acceptors (Lipinski definition) is 3. The van der Waals surface area contributed by atoms with Gasteiger partial charge in [0.2, 0.25) is 11.8 Å². The summed E-state index contributed by atoms with van der Waals surface area (Å²) in [6.45, 7) is 1.64. The number of hydrogen-bond donors (Lipinski definition) is 2. The van der Waals surface area contributed by atoms with Crippen molar-refractivity contribution in [3.05, 3.63) is 35.4 Å². The van der Waals surface area contributed by atoms with Crippen LogP contribution in [0.5, 0.6) is 0 Å². The van der Waals surface area contributed by atoms with Crippen LogP contribution in [0, 0.1) is 11.8 Å². The first-order valence-electron chi connectivity index (χ1n) is 8.43. The van der Waals surface area contributed by atoms with E-state index in [-0.39, 0.29) is 29.2 Å². The summed E-state index contributed by atoms with van der Waals surface area (Å²) >= 11 is 0. The second-order valence-corrected chi connectivity index (χ2v) is 6.62. The Hall–Kier alpha value is -2.37. The Bertz CT molecular complexity index is 637. The number of carbonyl (C=O) groups is 3. The van der Waals surface area contributed by atoms with Gasteiger partial charge in [-0.2, -0.15) is 0 Å². The first kappa shape index (κ1) is 16.5. The van der Waals surface area contributed by atoms with E-state index < -0.39 is 5.97 Å². The van der Waals surface area contributed by atoms with Gasteiger partial charge in [0.25, 0.3) is 0 Å². The van der Waals surface area contributed by atoms with Gasteiger partial charge in [0, 0.05) is 25.6 Å². The molecule has 1 saturated carbocycles. The normalized spacial score (nSPS) is 20.5. The molecule has 1 heterocycles. The molecule has 3 rings (SSSR count). The van der Waals surface area contributed by atoms with E-state index >= 15 is 0 Å². The number of aromatic carboxylic acids is 1. The number of nitrogens with zero attached hydrogens (tertiary/aromatic N) is 1. The number of likely N-dealkylation sites (tertiary alicyclic amines) is 1. The first-order valence-corrected chi connectivity index (χ1v) is 8.43. The Morgan fingerprint density at radius 2 is 1.79 bits per heavy atom. The lowest BCUT2D eigenvalue weighted by Gasteiger charge is -2.32. The molecule has 0 unspecified atom stereocenters. The average Bonchev–Trinajstić information content (AvgIpc) is 3.44. The maximum Gasteiger partial charge on any atom is 0.335 e. The summed E-state index contributed by atoms with van der Waals surface area (Å²) in [4.78, 5) is 37.2. The Labute approximate surface area is 140 Å². The third kappa shape index (κ3) is 3.93. The highest BCUT2D eigenvalue weighted by Gasteiger charge is 2.36. The molecular weight excluding hydrogens is 308 g/mol. The van der Waals surface area contributed by atoms with Crippen LogP contribution in [0.1, 0.15) is 41.6 Å². The van der Waals surface area contributed by atoms with Gasteiger partial charge in [0.15, 0.2) is 0 Å². The van der Waals surface area contributed by atoms with Crippen molar-refractivity contribution in [3.8, 4) is 0 Å². The number of carbonyl (C=O) groups excluding carboxylic acids is 2. The molecule has 2 fully saturated rings. The summed E-state index contributed by atoms with van der Waals surface area (Å²) < 4.78 is 0. The quantitative estimate of drug-likeness (QED) is 0.859. The summed E-state index contributed by atoms with van der Waals surface area (Å²) in [6, 6.07) is 6.46. The smallest absolute Gasteiger partial charge is 0.335 e. The summed E-state index contributed by atoms with van der Waals surface area (Å²) in [7, 11) is 0. The van der Waals surface area contributed by atoms with Gasteiger partial charge in [-0.1, -0.05) is 12.1 Å². The van der Waals surface area contributed by atoms with E-state index in [9.17, 15) is 14.4 Å². The number of benzene rings is 1. The molecule has 0 bridgehead atoms. The van der Waals surface area contributed by atoms with E-state index in [0.29, 0.717) is 13.1 Å². The SMILES string of the molecule is O=C(O)c1ccc(CNC(=O)[C@H]2CCCN(C(=O)C3CC3)C2)cc1. The first-order chi connectivity index (χ1) is 11.5. The van der Waals surface area contributed by atoms with Crippen LogP contribution in [0.15, 0.2) is 24.3 Å². The van der Waals surface area contributed by atoms with Gasteiger partial charge in [-0.25, -0.2) is 4.79 Å². The number of carboxylic acids is 1. The molecule has 1 atom stereocenters. The van der Waals surface area contributed by atoms with Gasteiger partial charge in [-0.15, -0.1) is 0 Å². The third-order valence-corrected chi connectivity index (χ3v) is 4.70. The highest BCUT2D eigenvalue weighted by atomic mass is 16.4. The van der Waals surface area contributed by atoms with Crippen LogP contribution in [0.2, 0.25) is 0 Å². The zero-order chi connectivity index (χ0) is 17.1. The molecule has 0 aromatic heterocycles. The van der Waals surface area contributed by atoms with Crippen LogP contribution in [-0.2, 0) is 16.1 Å². The fourth-order valence-electron chi connectivity index (χ4n) is 3.08. The van der Waals surface area contributed by atoms with E-state index in [1.807, 2.05) is 4.90 Å². The van der Waals surface area contributed by atoms with E-state index in [4.69, 9.17) is 5.11 Å². The molecule has 0 spiro atoms.